The third-order valence-electron chi connectivity index (χ3n) is 5.15. The number of benzene rings is 3. The second-order valence-corrected chi connectivity index (χ2v) is 8.97. The molecule has 0 bridgehead atoms. The zero-order chi connectivity index (χ0) is 20.6. The molecule has 0 radical (unpaired) electrons. The molecule has 3 aromatic carbocycles. The Balaban J connectivity index is 1.67. The van der Waals surface area contributed by atoms with Gasteiger partial charge in [0.1, 0.15) is 0 Å². The summed E-state index contributed by atoms with van der Waals surface area (Å²) in [5.74, 6) is -0.181. The monoisotopic (exact) mass is 406 g/mol. The lowest BCUT2D eigenvalue weighted by atomic mass is 10.1. The molecular formula is C23H22N2O3S. The van der Waals surface area contributed by atoms with Gasteiger partial charge in [0.05, 0.1) is 4.90 Å². The normalized spacial score (nSPS) is 13.2. The zero-order valence-electron chi connectivity index (χ0n) is 16.3. The maximum absolute atomic E-state index is 13.2. The van der Waals surface area contributed by atoms with Crippen LogP contribution >= 0.6 is 0 Å². The molecule has 0 saturated carbocycles. The molecule has 1 aliphatic heterocycles. The first-order chi connectivity index (χ1) is 13.8. The van der Waals surface area contributed by atoms with Crippen molar-refractivity contribution in [2.75, 3.05) is 16.2 Å². The van der Waals surface area contributed by atoms with Crippen LogP contribution in [0.15, 0.2) is 71.6 Å². The Morgan fingerprint density at radius 3 is 2.55 bits per heavy atom. The average Bonchev–Trinajstić information content (AvgIpc) is 3.11. The van der Waals surface area contributed by atoms with E-state index in [1.165, 1.54) is 12.1 Å². The van der Waals surface area contributed by atoms with Gasteiger partial charge in [-0.25, -0.2) is 8.42 Å². The van der Waals surface area contributed by atoms with Crippen LogP contribution in [0.2, 0.25) is 0 Å². The Hall–Kier alpha value is -3.12. The fourth-order valence-corrected chi connectivity index (χ4v) is 4.69. The summed E-state index contributed by atoms with van der Waals surface area (Å²) in [6.07, 6.45) is 0.799. The largest absolute Gasteiger partial charge is 0.308 e. The number of nitrogens with zero attached hydrogens (tertiary/aromatic N) is 1. The van der Waals surface area contributed by atoms with Crippen LogP contribution < -0.4 is 9.62 Å². The standard InChI is InChI=1S/C23H22N2O3S/c1-16-6-5-8-19(14-16)24-29(27,28)20-11-10-17(2)21(15-20)23(26)25-13-12-18-7-3-4-9-22(18)25/h3-11,14-15,24H,12-13H2,1-2H3. The molecule has 1 amide bonds. The molecule has 6 heteroatoms. The highest BCUT2D eigenvalue weighted by Gasteiger charge is 2.27. The third kappa shape index (κ3) is 3.76. The molecule has 0 spiro atoms. The second-order valence-electron chi connectivity index (χ2n) is 7.29. The van der Waals surface area contributed by atoms with E-state index >= 15 is 0 Å². The van der Waals surface area contributed by atoms with Crippen molar-refractivity contribution >= 4 is 27.3 Å². The minimum atomic E-state index is -3.81. The quantitative estimate of drug-likeness (QED) is 0.702. The van der Waals surface area contributed by atoms with Crippen molar-refractivity contribution in [1.29, 1.82) is 0 Å². The van der Waals surface area contributed by atoms with E-state index in [-0.39, 0.29) is 10.8 Å². The number of anilines is 2. The fourth-order valence-electron chi connectivity index (χ4n) is 3.62. The minimum absolute atomic E-state index is 0.0699. The van der Waals surface area contributed by atoms with E-state index in [1.54, 1.807) is 29.2 Å². The summed E-state index contributed by atoms with van der Waals surface area (Å²) in [4.78, 5) is 15.0. The summed E-state index contributed by atoms with van der Waals surface area (Å²) in [5.41, 5.74) is 4.61. The van der Waals surface area contributed by atoms with E-state index < -0.39 is 10.0 Å². The summed E-state index contributed by atoms with van der Waals surface area (Å²) in [6.45, 7) is 4.31. The number of hydrogen-bond donors (Lipinski definition) is 1. The lowest BCUT2D eigenvalue weighted by Crippen LogP contribution is -2.29. The van der Waals surface area contributed by atoms with Gasteiger partial charge in [-0.2, -0.15) is 0 Å². The van der Waals surface area contributed by atoms with Gasteiger partial charge in [0.15, 0.2) is 0 Å². The van der Waals surface area contributed by atoms with Gasteiger partial charge in [0, 0.05) is 23.5 Å². The van der Waals surface area contributed by atoms with Gasteiger partial charge >= 0.3 is 0 Å². The zero-order valence-corrected chi connectivity index (χ0v) is 17.2. The highest BCUT2D eigenvalue weighted by Crippen LogP contribution is 2.30. The summed E-state index contributed by atoms with van der Waals surface area (Å²) >= 11 is 0. The van der Waals surface area contributed by atoms with Gasteiger partial charge in [-0.3, -0.25) is 9.52 Å². The number of rotatable bonds is 4. The van der Waals surface area contributed by atoms with Crippen LogP contribution in [0.3, 0.4) is 0 Å². The molecule has 4 rings (SSSR count). The first-order valence-electron chi connectivity index (χ1n) is 9.45. The number of fused-ring (bicyclic) bond motifs is 1. The minimum Gasteiger partial charge on any atom is -0.308 e. The number of para-hydroxylation sites is 1. The molecule has 0 aliphatic carbocycles. The number of nitrogens with one attached hydrogen (secondary N) is 1. The number of hydrogen-bond acceptors (Lipinski definition) is 3. The van der Waals surface area contributed by atoms with Gasteiger partial charge in [0.2, 0.25) is 0 Å². The molecule has 1 aliphatic rings. The van der Waals surface area contributed by atoms with Crippen LogP contribution in [-0.4, -0.2) is 20.9 Å². The highest BCUT2D eigenvalue weighted by molar-refractivity contribution is 7.92. The van der Waals surface area contributed by atoms with E-state index in [1.807, 2.05) is 44.2 Å². The van der Waals surface area contributed by atoms with Crippen molar-refractivity contribution in [3.8, 4) is 0 Å². The van der Waals surface area contributed by atoms with Gasteiger partial charge in [-0.15, -0.1) is 0 Å². The van der Waals surface area contributed by atoms with E-state index in [4.69, 9.17) is 0 Å². The van der Waals surface area contributed by atoms with Crippen molar-refractivity contribution in [3.05, 3.63) is 89.0 Å². The maximum atomic E-state index is 13.2. The topological polar surface area (TPSA) is 66.5 Å². The van der Waals surface area contributed by atoms with Crippen LogP contribution in [0.5, 0.6) is 0 Å². The van der Waals surface area contributed by atoms with Crippen molar-refractivity contribution in [2.24, 2.45) is 0 Å². The Morgan fingerprint density at radius 1 is 0.966 bits per heavy atom. The van der Waals surface area contributed by atoms with Crippen LogP contribution in [0, 0.1) is 13.8 Å². The third-order valence-corrected chi connectivity index (χ3v) is 6.53. The highest BCUT2D eigenvalue weighted by atomic mass is 32.2. The summed E-state index contributed by atoms with van der Waals surface area (Å²) in [6, 6.07) is 19.6. The number of carbonyl (C=O) groups is 1. The van der Waals surface area contributed by atoms with Crippen LogP contribution in [-0.2, 0) is 16.4 Å². The van der Waals surface area contributed by atoms with Crippen molar-refractivity contribution in [2.45, 2.75) is 25.2 Å². The lowest BCUT2D eigenvalue weighted by molar-refractivity contribution is 0.0988. The predicted molar refractivity (Wildman–Crippen MR) is 115 cm³/mol. The SMILES string of the molecule is Cc1cccc(NS(=O)(=O)c2ccc(C)c(C(=O)N3CCc4ccccc43)c2)c1. The molecule has 0 atom stereocenters. The van der Waals surface area contributed by atoms with E-state index in [0.29, 0.717) is 17.8 Å². The van der Waals surface area contributed by atoms with E-state index in [0.717, 1.165) is 28.8 Å². The Morgan fingerprint density at radius 2 is 1.76 bits per heavy atom. The van der Waals surface area contributed by atoms with Gasteiger partial charge in [0.25, 0.3) is 15.9 Å². The van der Waals surface area contributed by atoms with E-state index in [9.17, 15) is 13.2 Å². The Labute approximate surface area is 171 Å². The first kappa shape index (κ1) is 19.2. The Kier molecular flexibility index (Phi) is 4.88. The van der Waals surface area contributed by atoms with Crippen LogP contribution in [0.25, 0.3) is 0 Å². The Bertz CT molecular complexity index is 1200. The molecule has 1 heterocycles. The molecule has 0 fully saturated rings. The van der Waals surface area contributed by atoms with Gasteiger partial charge < -0.3 is 4.90 Å². The van der Waals surface area contributed by atoms with Crippen molar-refractivity contribution in [1.82, 2.24) is 0 Å². The van der Waals surface area contributed by atoms with Crippen LogP contribution in [0.1, 0.15) is 27.0 Å². The van der Waals surface area contributed by atoms with Gasteiger partial charge in [-0.1, -0.05) is 36.4 Å². The molecule has 0 unspecified atom stereocenters. The summed E-state index contributed by atoms with van der Waals surface area (Å²) < 4.78 is 28.4. The molecule has 3 aromatic rings. The second kappa shape index (κ2) is 7.37. The fraction of sp³-hybridized carbons (Fsp3) is 0.174. The average molecular weight is 407 g/mol. The first-order valence-corrected chi connectivity index (χ1v) is 10.9. The molecule has 148 valence electrons. The number of aryl methyl sites for hydroxylation is 2. The number of sulfonamides is 1. The summed E-state index contributed by atoms with van der Waals surface area (Å²) in [5, 5.41) is 0. The predicted octanol–water partition coefficient (Wildman–Crippen LogP) is 4.31. The lowest BCUT2D eigenvalue weighted by Gasteiger charge is -2.19. The summed E-state index contributed by atoms with van der Waals surface area (Å²) in [7, 11) is -3.81. The van der Waals surface area contributed by atoms with Gasteiger partial charge in [-0.05, 0) is 67.3 Å². The molecular weight excluding hydrogens is 384 g/mol. The molecule has 0 saturated heterocycles. The van der Waals surface area contributed by atoms with Crippen LogP contribution in [0.4, 0.5) is 11.4 Å². The van der Waals surface area contributed by atoms with Crippen molar-refractivity contribution in [3.63, 3.8) is 0 Å². The molecule has 1 N–H and O–H groups in total. The maximum Gasteiger partial charge on any atom is 0.261 e. The number of amides is 1. The van der Waals surface area contributed by atoms with Crippen molar-refractivity contribution < 1.29 is 13.2 Å². The molecule has 29 heavy (non-hydrogen) atoms. The smallest absolute Gasteiger partial charge is 0.261 e. The number of carbonyl (C=O) groups excluding carboxylic acids is 1. The molecule has 0 aromatic heterocycles. The van der Waals surface area contributed by atoms with E-state index in [2.05, 4.69) is 4.72 Å². The molecule has 5 nitrogen and oxygen atoms in total.